The van der Waals surface area contributed by atoms with Gasteiger partial charge in [-0.3, -0.25) is 0 Å². The minimum absolute atomic E-state index is 0.00499. The fraction of sp³-hybridized carbons (Fsp3) is 0. The van der Waals surface area contributed by atoms with E-state index in [0.717, 1.165) is 89.8 Å². The molecule has 0 spiro atoms. The van der Waals surface area contributed by atoms with Crippen molar-refractivity contribution in [3.8, 4) is 22.6 Å². The molecule has 0 amide bonds. The van der Waals surface area contributed by atoms with Gasteiger partial charge in [-0.05, 0) is 157 Å². The van der Waals surface area contributed by atoms with Gasteiger partial charge in [-0.2, -0.15) is 0 Å². The molecule has 7 heterocycles. The van der Waals surface area contributed by atoms with Crippen LogP contribution in [0.25, 0.3) is 33.1 Å². The third-order valence-electron chi connectivity index (χ3n) is 18.2. The summed E-state index contributed by atoms with van der Waals surface area (Å²) in [6.45, 7) is -0.242. The number of benzene rings is 12. The minimum Gasteiger partial charge on any atom is -0.458 e. The van der Waals surface area contributed by atoms with E-state index in [9.17, 15) is 0 Å². The van der Waals surface area contributed by atoms with E-state index in [4.69, 9.17) is 9.15 Å². The summed E-state index contributed by atoms with van der Waals surface area (Å²) in [5, 5.41) is 2.20. The molecule has 81 heavy (non-hydrogen) atoms. The lowest BCUT2D eigenvalue weighted by Gasteiger charge is -2.51. The predicted molar refractivity (Wildman–Crippen MR) is 338 cm³/mol. The number of rotatable bonds is 4. The highest BCUT2D eigenvalue weighted by Crippen LogP contribution is 2.51. The summed E-state index contributed by atoms with van der Waals surface area (Å²) in [4.78, 5) is 10.1. The van der Waals surface area contributed by atoms with Gasteiger partial charge in [0.2, 0.25) is 0 Å². The zero-order chi connectivity index (χ0) is 52.6. The largest absolute Gasteiger partial charge is 0.458 e. The van der Waals surface area contributed by atoms with E-state index in [1.807, 2.05) is 12.1 Å². The number of para-hydroxylation sites is 8. The Kier molecular flexibility index (Phi) is 8.68. The lowest BCUT2D eigenvalue weighted by atomic mass is 9.28. The highest BCUT2D eigenvalue weighted by molar-refractivity contribution is 7.05. The van der Waals surface area contributed by atoms with Gasteiger partial charge in [-0.25, -0.2) is 0 Å². The van der Waals surface area contributed by atoms with Crippen molar-refractivity contribution in [1.29, 1.82) is 0 Å². The summed E-state index contributed by atoms with van der Waals surface area (Å²) in [6, 6.07) is 96.3. The standard InChI is InChI=1S/C72H43B3N4O2/c1-4-20-46(21-5-1)76-58-32-16-12-28-52(58)75-56-41-55-61(43-67(56)81-68-40-45(39-62(76)69(68)75)44-36-37-66-50(38-44)49-26-10-19-35-65(49)80-66)78(48-24-8-3-9-25-48)64-42-63-70-72-71(64)74(55)54-30-14-18-34-60(54)79(72)59-33-17-13-29-53(59)73(70)51-27-11-15-31-57(51)77(63)47-22-6-2-7-23-47/h1-43H. The second-order valence-corrected chi connectivity index (χ2v) is 22.2. The maximum Gasteiger partial charge on any atom is 0.256 e. The number of hydrogen-bond acceptors (Lipinski definition) is 6. The van der Waals surface area contributed by atoms with Gasteiger partial charge in [0.05, 0.1) is 0 Å². The van der Waals surface area contributed by atoms with Crippen LogP contribution in [0.5, 0.6) is 11.5 Å². The van der Waals surface area contributed by atoms with Crippen LogP contribution in [0.3, 0.4) is 0 Å². The van der Waals surface area contributed by atoms with Crippen LogP contribution in [0.15, 0.2) is 265 Å². The molecule has 6 nitrogen and oxygen atoms in total. The molecule has 19 rings (SSSR count). The van der Waals surface area contributed by atoms with Gasteiger partial charge in [0.15, 0.2) is 0 Å². The molecule has 0 atom stereocenters. The van der Waals surface area contributed by atoms with E-state index >= 15 is 0 Å². The number of hydrogen-bond donors (Lipinski definition) is 0. The maximum absolute atomic E-state index is 7.64. The fourth-order valence-electron chi connectivity index (χ4n) is 15.1. The van der Waals surface area contributed by atoms with E-state index in [2.05, 4.69) is 268 Å². The molecule has 0 radical (unpaired) electrons. The molecule has 6 aliphatic rings. The molecular weight excluding hydrogens is 985 g/mol. The van der Waals surface area contributed by atoms with Crippen LogP contribution in [-0.2, 0) is 0 Å². The van der Waals surface area contributed by atoms with E-state index in [1.54, 1.807) is 0 Å². The summed E-state index contributed by atoms with van der Waals surface area (Å²) >= 11 is 0. The highest BCUT2D eigenvalue weighted by Gasteiger charge is 2.53. The molecule has 0 fully saturated rings. The topological polar surface area (TPSA) is 35.3 Å². The number of nitrogens with zero attached hydrogens (tertiary/aromatic N) is 4. The minimum atomic E-state index is -0.134. The predicted octanol–water partition coefficient (Wildman–Crippen LogP) is 12.4. The monoisotopic (exact) mass is 1030 g/mol. The first-order valence-corrected chi connectivity index (χ1v) is 28.1. The zero-order valence-corrected chi connectivity index (χ0v) is 43.7. The molecule has 1 aromatic heterocycles. The van der Waals surface area contributed by atoms with Crippen LogP contribution in [0.4, 0.5) is 68.2 Å². The summed E-state index contributed by atoms with van der Waals surface area (Å²) in [5.41, 5.74) is 29.3. The Morgan fingerprint density at radius 2 is 0.716 bits per heavy atom. The maximum atomic E-state index is 7.64. The third kappa shape index (κ3) is 5.84. The van der Waals surface area contributed by atoms with Gasteiger partial charge in [0, 0.05) is 85.1 Å². The van der Waals surface area contributed by atoms with Gasteiger partial charge in [0.1, 0.15) is 22.7 Å². The molecule has 372 valence electrons. The Morgan fingerprint density at radius 1 is 0.259 bits per heavy atom. The molecule has 0 aliphatic carbocycles. The molecule has 0 unspecified atom stereocenters. The van der Waals surface area contributed by atoms with Gasteiger partial charge in [-0.15, -0.1) is 0 Å². The van der Waals surface area contributed by atoms with Crippen LogP contribution >= 0.6 is 0 Å². The van der Waals surface area contributed by atoms with Crippen molar-refractivity contribution in [2.75, 3.05) is 19.6 Å². The Bertz CT molecular complexity index is 4860. The lowest BCUT2D eigenvalue weighted by molar-refractivity contribution is 0.488. The van der Waals surface area contributed by atoms with Crippen molar-refractivity contribution in [3.05, 3.63) is 261 Å². The molecular formula is C72H43B3N4O2. The van der Waals surface area contributed by atoms with Crippen LogP contribution in [0.1, 0.15) is 0 Å². The van der Waals surface area contributed by atoms with E-state index < -0.39 is 0 Å². The molecule has 6 aliphatic heterocycles. The van der Waals surface area contributed by atoms with Crippen LogP contribution in [-0.4, -0.2) is 20.1 Å². The van der Waals surface area contributed by atoms with E-state index in [-0.39, 0.29) is 20.1 Å². The lowest BCUT2D eigenvalue weighted by Crippen LogP contribution is -2.69. The summed E-state index contributed by atoms with van der Waals surface area (Å²) in [5.74, 6) is 1.71. The smallest absolute Gasteiger partial charge is 0.256 e. The molecule has 0 saturated heterocycles. The number of ether oxygens (including phenoxy) is 1. The Balaban J connectivity index is 0.899. The molecule has 0 bridgehead atoms. The quantitative estimate of drug-likeness (QED) is 0.164. The van der Waals surface area contributed by atoms with Gasteiger partial charge < -0.3 is 28.8 Å². The molecule has 0 N–H and O–H groups in total. The van der Waals surface area contributed by atoms with Crippen molar-refractivity contribution in [3.63, 3.8) is 0 Å². The molecule has 9 heteroatoms. The van der Waals surface area contributed by atoms with Crippen molar-refractivity contribution in [2.24, 2.45) is 0 Å². The number of fused-ring (bicyclic) bond motifs is 17. The van der Waals surface area contributed by atoms with Crippen molar-refractivity contribution >= 4 is 159 Å². The first kappa shape index (κ1) is 43.6. The van der Waals surface area contributed by atoms with E-state index in [0.29, 0.717) is 0 Å². The van der Waals surface area contributed by atoms with Crippen LogP contribution in [0, 0.1) is 0 Å². The molecule has 12 aromatic carbocycles. The summed E-state index contributed by atoms with van der Waals surface area (Å²) in [7, 11) is 0. The van der Waals surface area contributed by atoms with Gasteiger partial charge in [0.25, 0.3) is 20.1 Å². The Labute approximate surface area is 469 Å². The van der Waals surface area contributed by atoms with Gasteiger partial charge >= 0.3 is 0 Å². The van der Waals surface area contributed by atoms with E-state index in [1.165, 1.54) is 72.1 Å². The summed E-state index contributed by atoms with van der Waals surface area (Å²) < 4.78 is 14.0. The second-order valence-electron chi connectivity index (χ2n) is 22.2. The average Bonchev–Trinajstić information content (AvgIpc) is 3.88. The van der Waals surface area contributed by atoms with Crippen LogP contribution in [0.2, 0.25) is 0 Å². The zero-order valence-electron chi connectivity index (χ0n) is 43.7. The molecule has 13 aromatic rings. The Hall–Kier alpha value is -10.4. The third-order valence-corrected chi connectivity index (χ3v) is 18.2. The number of anilines is 12. The van der Waals surface area contributed by atoms with Crippen molar-refractivity contribution in [1.82, 2.24) is 0 Å². The van der Waals surface area contributed by atoms with Crippen molar-refractivity contribution < 1.29 is 9.15 Å². The molecule has 0 saturated carbocycles. The summed E-state index contributed by atoms with van der Waals surface area (Å²) in [6.07, 6.45) is 0. The SMILES string of the molecule is c1ccc(N2c3ccccc3B3c4cc5c(cc4Oc4cc(-c6ccc7oc8ccccc8c7c6)cc2c43)N(c2ccccc2)c2cc3c4c6c2B5c2ccccc2N6c2ccccc2B4c2ccccc2N3c2ccccc2)cc1. The highest BCUT2D eigenvalue weighted by atomic mass is 16.5. The van der Waals surface area contributed by atoms with Gasteiger partial charge in [-0.1, -0.05) is 158 Å². The first-order valence-electron chi connectivity index (χ1n) is 28.1. The average molecular weight is 1030 g/mol. The number of furan rings is 1. The normalized spacial score (nSPS) is 14.1. The Morgan fingerprint density at radius 3 is 1.30 bits per heavy atom. The van der Waals surface area contributed by atoms with Crippen LogP contribution < -0.4 is 73.5 Å². The fourth-order valence-corrected chi connectivity index (χ4v) is 15.1. The first-order chi connectivity index (χ1) is 40.2. The van der Waals surface area contributed by atoms with Crippen molar-refractivity contribution in [2.45, 2.75) is 0 Å². The second kappa shape index (κ2) is 16.1.